The Morgan fingerprint density at radius 3 is 2.68 bits per heavy atom. The number of hydrogen-bond acceptors (Lipinski definition) is 5. The molecule has 0 fully saturated rings. The predicted molar refractivity (Wildman–Crippen MR) is 113 cm³/mol. The van der Waals surface area contributed by atoms with E-state index in [0.29, 0.717) is 16.6 Å². The minimum Gasteiger partial charge on any atom is -0.298 e. The number of aromatic nitrogens is 1. The molecule has 1 N–H and O–H groups in total. The second-order valence-corrected chi connectivity index (χ2v) is 10.0. The van der Waals surface area contributed by atoms with Gasteiger partial charge in [0.2, 0.25) is 0 Å². The van der Waals surface area contributed by atoms with Crippen molar-refractivity contribution in [2.75, 3.05) is 11.1 Å². The van der Waals surface area contributed by atoms with Crippen molar-refractivity contribution in [1.82, 2.24) is 4.98 Å². The molecule has 0 bridgehead atoms. The summed E-state index contributed by atoms with van der Waals surface area (Å²) in [5, 5.41) is 3.83. The van der Waals surface area contributed by atoms with Crippen molar-refractivity contribution in [3.63, 3.8) is 0 Å². The topological polar surface area (TPSA) is 76.1 Å². The fourth-order valence-corrected chi connectivity index (χ4v) is 4.78. The SMILES string of the molecule is CCS(=O)(=O)c1ccccc1C(=O)Nc1ncc(Cc2ccc(C)c(Cl)c2)s1. The Hall–Kier alpha value is -2.22. The fourth-order valence-electron chi connectivity index (χ4n) is 2.64. The van der Waals surface area contributed by atoms with Crippen LogP contribution in [0.2, 0.25) is 5.02 Å². The Morgan fingerprint density at radius 2 is 1.96 bits per heavy atom. The predicted octanol–water partition coefficient (Wildman–Crippen LogP) is 4.74. The lowest BCUT2D eigenvalue weighted by atomic mass is 10.1. The molecule has 8 heteroatoms. The molecule has 0 saturated heterocycles. The molecule has 0 aliphatic heterocycles. The van der Waals surface area contributed by atoms with E-state index in [0.717, 1.165) is 16.0 Å². The third-order valence-corrected chi connectivity index (χ3v) is 7.34. The van der Waals surface area contributed by atoms with Crippen molar-refractivity contribution in [3.05, 3.63) is 75.3 Å². The Labute approximate surface area is 173 Å². The van der Waals surface area contributed by atoms with Gasteiger partial charge in [0.1, 0.15) is 0 Å². The number of benzene rings is 2. The number of aryl methyl sites for hydroxylation is 1. The van der Waals surface area contributed by atoms with Crippen molar-refractivity contribution in [2.24, 2.45) is 0 Å². The molecule has 0 aliphatic carbocycles. The number of nitrogens with one attached hydrogen (secondary N) is 1. The largest absolute Gasteiger partial charge is 0.298 e. The van der Waals surface area contributed by atoms with Crippen LogP contribution in [0.1, 0.15) is 33.3 Å². The van der Waals surface area contributed by atoms with Crippen LogP contribution in [0.3, 0.4) is 0 Å². The van der Waals surface area contributed by atoms with Gasteiger partial charge in [0.25, 0.3) is 5.91 Å². The van der Waals surface area contributed by atoms with Gasteiger partial charge in [0.15, 0.2) is 15.0 Å². The summed E-state index contributed by atoms with van der Waals surface area (Å²) < 4.78 is 24.5. The molecule has 0 spiro atoms. The normalized spacial score (nSPS) is 11.4. The third kappa shape index (κ3) is 4.60. The van der Waals surface area contributed by atoms with Crippen LogP contribution in [-0.2, 0) is 16.3 Å². The van der Waals surface area contributed by atoms with Gasteiger partial charge in [-0.2, -0.15) is 0 Å². The molecule has 3 rings (SSSR count). The van der Waals surface area contributed by atoms with E-state index in [1.807, 2.05) is 25.1 Å². The molecule has 0 unspecified atom stereocenters. The first-order valence-corrected chi connectivity index (χ1v) is 11.5. The molecule has 28 heavy (non-hydrogen) atoms. The molecule has 1 aromatic heterocycles. The number of carbonyl (C=O) groups excluding carboxylic acids is 1. The first kappa shape index (κ1) is 20.5. The van der Waals surface area contributed by atoms with Crippen LogP contribution in [0.25, 0.3) is 0 Å². The first-order chi connectivity index (χ1) is 13.3. The van der Waals surface area contributed by atoms with E-state index in [9.17, 15) is 13.2 Å². The molecule has 0 saturated carbocycles. The number of carbonyl (C=O) groups is 1. The molecular formula is C20H19ClN2O3S2. The lowest BCUT2D eigenvalue weighted by molar-refractivity contribution is 0.102. The lowest BCUT2D eigenvalue weighted by Gasteiger charge is -2.08. The maximum atomic E-state index is 12.6. The zero-order valence-electron chi connectivity index (χ0n) is 15.4. The van der Waals surface area contributed by atoms with E-state index in [2.05, 4.69) is 10.3 Å². The number of thiazole rings is 1. The van der Waals surface area contributed by atoms with E-state index in [4.69, 9.17) is 11.6 Å². The van der Waals surface area contributed by atoms with Gasteiger partial charge in [-0.3, -0.25) is 10.1 Å². The van der Waals surface area contributed by atoms with E-state index in [1.54, 1.807) is 25.3 Å². The number of anilines is 1. The highest BCUT2D eigenvalue weighted by atomic mass is 35.5. The van der Waals surface area contributed by atoms with E-state index < -0.39 is 15.7 Å². The van der Waals surface area contributed by atoms with Crippen LogP contribution in [0.5, 0.6) is 0 Å². The monoisotopic (exact) mass is 434 g/mol. The first-order valence-electron chi connectivity index (χ1n) is 8.63. The maximum absolute atomic E-state index is 12.6. The summed E-state index contributed by atoms with van der Waals surface area (Å²) in [6.07, 6.45) is 2.34. The standard InChI is InChI=1S/C20H19ClN2O3S2/c1-3-28(25,26)18-7-5-4-6-16(18)19(24)23-20-22-12-15(27-20)10-14-9-8-13(2)17(21)11-14/h4-9,11-12H,3,10H2,1-2H3,(H,22,23,24). The van der Waals surface area contributed by atoms with Crippen molar-refractivity contribution in [3.8, 4) is 0 Å². The average Bonchev–Trinajstić information content (AvgIpc) is 3.11. The summed E-state index contributed by atoms with van der Waals surface area (Å²) in [6.45, 7) is 3.50. The molecule has 0 radical (unpaired) electrons. The summed E-state index contributed by atoms with van der Waals surface area (Å²) in [7, 11) is -3.50. The van der Waals surface area contributed by atoms with Gasteiger partial charge in [0, 0.05) is 22.5 Å². The number of amides is 1. The second kappa shape index (κ2) is 8.43. The lowest BCUT2D eigenvalue weighted by Crippen LogP contribution is -2.17. The zero-order valence-corrected chi connectivity index (χ0v) is 17.8. The van der Waals surface area contributed by atoms with Gasteiger partial charge >= 0.3 is 0 Å². The zero-order chi connectivity index (χ0) is 20.3. The third-order valence-electron chi connectivity index (χ3n) is 4.24. The van der Waals surface area contributed by atoms with Crippen LogP contribution < -0.4 is 5.32 Å². The minimum absolute atomic E-state index is 0.0288. The summed E-state index contributed by atoms with van der Waals surface area (Å²) in [5.74, 6) is -0.565. The van der Waals surface area contributed by atoms with Gasteiger partial charge in [0.05, 0.1) is 16.2 Å². The van der Waals surface area contributed by atoms with E-state index >= 15 is 0 Å². The van der Waals surface area contributed by atoms with Crippen LogP contribution in [0.4, 0.5) is 5.13 Å². The maximum Gasteiger partial charge on any atom is 0.258 e. The highest BCUT2D eigenvalue weighted by Gasteiger charge is 2.21. The van der Waals surface area contributed by atoms with Gasteiger partial charge in [-0.25, -0.2) is 13.4 Å². The van der Waals surface area contributed by atoms with Gasteiger partial charge < -0.3 is 0 Å². The Kier molecular flexibility index (Phi) is 6.17. The quantitative estimate of drug-likeness (QED) is 0.607. The highest BCUT2D eigenvalue weighted by molar-refractivity contribution is 7.91. The molecule has 3 aromatic rings. The van der Waals surface area contributed by atoms with Crippen molar-refractivity contribution in [2.45, 2.75) is 25.2 Å². The molecule has 2 aromatic carbocycles. The fraction of sp³-hybridized carbons (Fsp3) is 0.200. The van der Waals surface area contributed by atoms with E-state index in [1.165, 1.54) is 23.5 Å². The summed E-state index contributed by atoms with van der Waals surface area (Å²) in [5.41, 5.74) is 2.19. The number of halogens is 1. The molecule has 1 heterocycles. The van der Waals surface area contributed by atoms with Crippen molar-refractivity contribution >= 4 is 43.8 Å². The summed E-state index contributed by atoms with van der Waals surface area (Å²) >= 11 is 7.51. The van der Waals surface area contributed by atoms with Crippen LogP contribution >= 0.6 is 22.9 Å². The summed E-state index contributed by atoms with van der Waals surface area (Å²) in [4.78, 5) is 17.8. The second-order valence-electron chi connectivity index (χ2n) is 6.25. The molecule has 0 aliphatic rings. The van der Waals surface area contributed by atoms with Gasteiger partial charge in [-0.1, -0.05) is 42.8 Å². The van der Waals surface area contributed by atoms with Crippen LogP contribution in [-0.4, -0.2) is 25.1 Å². The Morgan fingerprint density at radius 1 is 1.21 bits per heavy atom. The Bertz CT molecular complexity index is 1120. The number of rotatable bonds is 6. The average molecular weight is 435 g/mol. The van der Waals surface area contributed by atoms with E-state index in [-0.39, 0.29) is 16.2 Å². The van der Waals surface area contributed by atoms with Gasteiger partial charge in [-0.05, 0) is 36.2 Å². The smallest absolute Gasteiger partial charge is 0.258 e. The Balaban J connectivity index is 1.77. The molecule has 5 nitrogen and oxygen atoms in total. The van der Waals surface area contributed by atoms with Crippen molar-refractivity contribution < 1.29 is 13.2 Å². The number of hydrogen-bond donors (Lipinski definition) is 1. The van der Waals surface area contributed by atoms with Crippen LogP contribution in [0.15, 0.2) is 53.6 Å². The summed E-state index contributed by atoms with van der Waals surface area (Å²) in [6, 6.07) is 12.1. The number of nitrogens with zero attached hydrogens (tertiary/aromatic N) is 1. The van der Waals surface area contributed by atoms with Gasteiger partial charge in [-0.15, -0.1) is 11.3 Å². The molecule has 1 amide bonds. The highest BCUT2D eigenvalue weighted by Crippen LogP contribution is 2.25. The molecular weight excluding hydrogens is 416 g/mol. The molecule has 146 valence electrons. The molecule has 0 atom stereocenters. The van der Waals surface area contributed by atoms with Crippen LogP contribution in [0, 0.1) is 6.92 Å². The number of sulfone groups is 1. The van der Waals surface area contributed by atoms with Crippen molar-refractivity contribution in [1.29, 1.82) is 0 Å². The minimum atomic E-state index is -3.50.